The minimum atomic E-state index is -4.53. The van der Waals surface area contributed by atoms with Crippen molar-refractivity contribution in [3.63, 3.8) is 0 Å². The number of thiocarbonyl (C=S) groups is 1. The zero-order chi connectivity index (χ0) is 23.1. The molecule has 2 nitrogen and oxygen atoms in total. The topological polar surface area (TPSA) is 43.1 Å². The molecule has 0 aromatic heterocycles. The Morgan fingerprint density at radius 2 is 1.60 bits per heavy atom. The third-order valence-corrected chi connectivity index (χ3v) is 5.35. The molecule has 2 aromatic rings. The van der Waals surface area contributed by atoms with Gasteiger partial charge < -0.3 is 5.73 Å². The fraction of sp³-hybridized carbons (Fsp3) is 0.238. The van der Waals surface area contributed by atoms with Gasteiger partial charge in [-0.1, -0.05) is 90.4 Å². The fourth-order valence-electron chi connectivity index (χ4n) is 2.20. The van der Waals surface area contributed by atoms with Gasteiger partial charge in [0, 0.05) is 5.56 Å². The molecule has 0 aliphatic carbocycles. The van der Waals surface area contributed by atoms with E-state index in [1.165, 1.54) is 13.0 Å². The van der Waals surface area contributed by atoms with E-state index in [9.17, 15) is 18.0 Å². The van der Waals surface area contributed by atoms with Gasteiger partial charge in [0.05, 0.1) is 26.0 Å². The van der Waals surface area contributed by atoms with Crippen molar-refractivity contribution in [3.05, 3.63) is 74.2 Å². The number of ketones is 1. The van der Waals surface area contributed by atoms with Crippen LogP contribution in [0.5, 0.6) is 0 Å². The summed E-state index contributed by atoms with van der Waals surface area (Å²) in [6.45, 7) is 3.35. The van der Waals surface area contributed by atoms with E-state index in [0.29, 0.717) is 16.1 Å². The lowest BCUT2D eigenvalue weighted by Gasteiger charge is -2.18. The fourth-order valence-corrected chi connectivity index (χ4v) is 2.81. The molecule has 0 fully saturated rings. The monoisotopic (exact) mass is 495 g/mol. The first-order chi connectivity index (χ1) is 13.9. The summed E-state index contributed by atoms with van der Waals surface area (Å²) in [7, 11) is 0. The SMILES string of the molecule is CC(=O)c1ccc(/C=C/C(c2cc(Cl)c(Cl)c(Cl)c2)C(F)(F)F)cc1.CCC(N)=S. The Balaban J connectivity index is 0.000000804. The predicted molar refractivity (Wildman–Crippen MR) is 123 cm³/mol. The van der Waals surface area contributed by atoms with Crippen LogP contribution >= 0.6 is 47.0 Å². The Hall–Kier alpha value is -1.60. The summed E-state index contributed by atoms with van der Waals surface area (Å²) >= 11 is 21.9. The molecule has 9 heteroatoms. The second-order valence-electron chi connectivity index (χ2n) is 6.17. The molecule has 30 heavy (non-hydrogen) atoms. The standard InChI is InChI=1S/C18H12Cl3F3O.C3H7NS/c1-10(25)12-5-2-11(3-6-12)4-7-14(18(22,23)24)13-8-15(19)17(21)16(20)9-13;1-2-3(4)5/h2-9,14H,1H3;2H2,1H3,(H2,4,5)/b7-4+;. The van der Waals surface area contributed by atoms with Crippen molar-refractivity contribution in [1.82, 2.24) is 0 Å². The number of rotatable bonds is 5. The van der Waals surface area contributed by atoms with E-state index in [0.717, 1.165) is 24.6 Å². The third-order valence-electron chi connectivity index (χ3n) is 3.86. The summed E-state index contributed by atoms with van der Waals surface area (Å²) in [4.78, 5) is 11.8. The first kappa shape index (κ1) is 26.4. The second kappa shape index (κ2) is 11.7. The highest BCUT2D eigenvalue weighted by molar-refractivity contribution is 7.80. The van der Waals surface area contributed by atoms with Gasteiger partial charge in [0.2, 0.25) is 0 Å². The Kier molecular flexibility index (Phi) is 10.3. The third kappa shape index (κ3) is 8.26. The van der Waals surface area contributed by atoms with E-state index in [-0.39, 0.29) is 26.4 Å². The van der Waals surface area contributed by atoms with Gasteiger partial charge in [-0.25, -0.2) is 0 Å². The summed E-state index contributed by atoms with van der Waals surface area (Å²) in [5.41, 5.74) is 5.93. The molecular weight excluding hydrogens is 478 g/mol. The van der Waals surface area contributed by atoms with Crippen LogP contribution in [-0.2, 0) is 0 Å². The molecule has 0 saturated heterocycles. The Bertz CT molecular complexity index is 905. The lowest BCUT2D eigenvalue weighted by molar-refractivity contribution is -0.139. The summed E-state index contributed by atoms with van der Waals surface area (Å²) in [6.07, 6.45) is -1.37. The first-order valence-electron chi connectivity index (χ1n) is 8.65. The first-order valence-corrected chi connectivity index (χ1v) is 10.2. The van der Waals surface area contributed by atoms with Crippen LogP contribution in [-0.4, -0.2) is 16.9 Å². The Morgan fingerprint density at radius 1 is 1.13 bits per heavy atom. The number of carbonyl (C=O) groups is 1. The summed E-state index contributed by atoms with van der Waals surface area (Å²) < 4.78 is 40.3. The van der Waals surface area contributed by atoms with Crippen LogP contribution < -0.4 is 5.73 Å². The highest BCUT2D eigenvalue weighted by Crippen LogP contribution is 2.41. The largest absolute Gasteiger partial charge is 0.399 e. The number of halogens is 6. The lowest BCUT2D eigenvalue weighted by atomic mass is 9.97. The molecule has 162 valence electrons. The molecule has 0 radical (unpaired) electrons. The van der Waals surface area contributed by atoms with Gasteiger partial charge in [-0.3, -0.25) is 4.79 Å². The van der Waals surface area contributed by atoms with Gasteiger partial charge in [-0.15, -0.1) is 0 Å². The smallest absolute Gasteiger partial charge is 0.393 e. The predicted octanol–water partition coefficient (Wildman–Crippen LogP) is 7.89. The van der Waals surface area contributed by atoms with Gasteiger partial charge in [-0.05, 0) is 36.6 Å². The molecule has 0 heterocycles. The van der Waals surface area contributed by atoms with Crippen LogP contribution in [0.25, 0.3) is 6.08 Å². The van der Waals surface area contributed by atoms with Crippen molar-refractivity contribution in [2.24, 2.45) is 5.73 Å². The maximum atomic E-state index is 13.4. The van der Waals surface area contributed by atoms with Gasteiger partial charge in [-0.2, -0.15) is 13.2 Å². The maximum Gasteiger partial charge on any atom is 0.399 e. The van der Waals surface area contributed by atoms with Gasteiger partial charge in [0.25, 0.3) is 0 Å². The molecule has 1 atom stereocenters. The lowest BCUT2D eigenvalue weighted by Crippen LogP contribution is -2.19. The molecule has 0 spiro atoms. The number of hydrogen-bond donors (Lipinski definition) is 1. The molecule has 0 amide bonds. The van der Waals surface area contributed by atoms with Crippen LogP contribution in [0.2, 0.25) is 15.1 Å². The van der Waals surface area contributed by atoms with Crippen LogP contribution in [0.15, 0.2) is 42.5 Å². The molecule has 0 saturated carbocycles. The van der Waals surface area contributed by atoms with E-state index < -0.39 is 12.1 Å². The van der Waals surface area contributed by atoms with Gasteiger partial charge in [0.15, 0.2) is 5.78 Å². The quantitative estimate of drug-likeness (QED) is 0.260. The molecule has 2 aromatic carbocycles. The zero-order valence-corrected chi connectivity index (χ0v) is 19.1. The summed E-state index contributed by atoms with van der Waals surface area (Å²) in [6, 6.07) is 8.56. The molecule has 2 N–H and O–H groups in total. The van der Waals surface area contributed by atoms with Crippen molar-refractivity contribution in [2.75, 3.05) is 0 Å². The van der Waals surface area contributed by atoms with Crippen molar-refractivity contribution in [2.45, 2.75) is 32.4 Å². The molecular formula is C21H19Cl3F3NOS. The molecule has 0 aliphatic heterocycles. The summed E-state index contributed by atoms with van der Waals surface area (Å²) in [5, 5.41) is -0.0768. The van der Waals surface area contributed by atoms with Crippen molar-refractivity contribution < 1.29 is 18.0 Å². The van der Waals surface area contributed by atoms with E-state index in [2.05, 4.69) is 12.2 Å². The number of hydrogen-bond acceptors (Lipinski definition) is 2. The molecule has 0 aliphatic rings. The highest BCUT2D eigenvalue weighted by Gasteiger charge is 2.39. The van der Waals surface area contributed by atoms with Crippen molar-refractivity contribution in [3.8, 4) is 0 Å². The Labute approximate surface area is 193 Å². The van der Waals surface area contributed by atoms with E-state index >= 15 is 0 Å². The van der Waals surface area contributed by atoms with Crippen molar-refractivity contribution >= 4 is 63.9 Å². The molecule has 0 bridgehead atoms. The average Bonchev–Trinajstić information content (AvgIpc) is 2.66. The number of alkyl halides is 3. The average molecular weight is 497 g/mol. The van der Waals surface area contributed by atoms with Crippen molar-refractivity contribution in [1.29, 1.82) is 0 Å². The van der Waals surface area contributed by atoms with Crippen LogP contribution in [0.4, 0.5) is 13.2 Å². The second-order valence-corrected chi connectivity index (χ2v) is 7.89. The van der Waals surface area contributed by atoms with Crippen LogP contribution in [0, 0.1) is 0 Å². The van der Waals surface area contributed by atoms with E-state index in [1.54, 1.807) is 24.3 Å². The minimum Gasteiger partial charge on any atom is -0.393 e. The number of allylic oxidation sites excluding steroid dienone is 1. The number of nitrogens with two attached hydrogens (primary N) is 1. The van der Waals surface area contributed by atoms with E-state index in [4.69, 9.17) is 40.5 Å². The minimum absolute atomic E-state index is 0.0109. The van der Waals surface area contributed by atoms with Crippen LogP contribution in [0.3, 0.4) is 0 Å². The highest BCUT2D eigenvalue weighted by atomic mass is 35.5. The Morgan fingerprint density at radius 3 is 1.97 bits per heavy atom. The van der Waals surface area contributed by atoms with Gasteiger partial charge in [0.1, 0.15) is 0 Å². The number of benzene rings is 2. The van der Waals surface area contributed by atoms with Crippen LogP contribution in [0.1, 0.15) is 47.7 Å². The number of carbonyl (C=O) groups excluding carboxylic acids is 1. The molecule has 1 unspecified atom stereocenters. The normalized spacial score (nSPS) is 12.3. The van der Waals surface area contributed by atoms with E-state index in [1.807, 2.05) is 6.92 Å². The van der Waals surface area contributed by atoms with Gasteiger partial charge >= 0.3 is 6.18 Å². The molecule has 2 rings (SSSR count). The zero-order valence-electron chi connectivity index (χ0n) is 16.1. The number of Topliss-reactive ketones (excluding diaryl/α,β-unsaturated/α-hetero) is 1. The maximum absolute atomic E-state index is 13.4. The summed E-state index contributed by atoms with van der Waals surface area (Å²) in [5.74, 6) is -2.01.